The topological polar surface area (TPSA) is 144 Å². The third kappa shape index (κ3) is 13.2. The summed E-state index contributed by atoms with van der Waals surface area (Å²) >= 11 is -11.5. The summed E-state index contributed by atoms with van der Waals surface area (Å²) in [6.07, 6.45) is 4.88. The molecule has 0 amide bonds. The van der Waals surface area contributed by atoms with Gasteiger partial charge in [-0.1, -0.05) is 0 Å². The van der Waals surface area contributed by atoms with Gasteiger partial charge in [0, 0.05) is 12.4 Å². The molecule has 0 aliphatic carbocycles. The number of nitrogens with zero attached hydrogens (tertiary/aromatic N) is 2. The molecule has 86 valence electrons. The van der Waals surface area contributed by atoms with Gasteiger partial charge in [0.15, 0.2) is 0 Å². The van der Waals surface area contributed by atoms with Gasteiger partial charge in [-0.25, -0.2) is 9.97 Å². The van der Waals surface area contributed by atoms with Crippen molar-refractivity contribution in [3.05, 3.63) is 24.8 Å². The SMILES string of the molecule is [O]=[Cr](=[O])([OH])[O][Cr](=[O])(=[O])[OH].c1cncnc1. The van der Waals surface area contributed by atoms with Gasteiger partial charge in [-0.3, -0.25) is 0 Å². The fourth-order valence-corrected chi connectivity index (χ4v) is 2.10. The maximum Gasteiger partial charge on any atom is 0.115 e. The molecule has 0 unspecified atom stereocenters. The van der Waals surface area contributed by atoms with Crippen molar-refractivity contribution in [3.63, 3.8) is 0 Å². The quantitative estimate of drug-likeness (QED) is 0.688. The molecule has 11 heteroatoms. The fraction of sp³-hybridized carbons (Fsp3) is 0. The van der Waals surface area contributed by atoms with Gasteiger partial charge in [-0.2, -0.15) is 0 Å². The molecule has 0 saturated heterocycles. The molecule has 15 heavy (non-hydrogen) atoms. The van der Waals surface area contributed by atoms with Crippen LogP contribution in [0.3, 0.4) is 0 Å². The molecule has 0 bridgehead atoms. The standard InChI is InChI=1S/C4H4N2.2Cr.2H2O.5O/c1-2-5-4-6-3-1;;;;;;;;;/h1-4H;;;2*1H2;;;;;/q;2*+1;;;;;;;/p-2. The van der Waals surface area contributed by atoms with E-state index in [0.717, 1.165) is 0 Å². The molecular weight excluding hydrogens is 292 g/mol. The summed E-state index contributed by atoms with van der Waals surface area (Å²) in [7, 11) is 0. The van der Waals surface area contributed by atoms with E-state index in [1.807, 2.05) is 0 Å². The Morgan fingerprint density at radius 1 is 0.933 bits per heavy atom. The van der Waals surface area contributed by atoms with Crippen molar-refractivity contribution in [1.82, 2.24) is 9.97 Å². The minimum absolute atomic E-state index is 1.50. The first-order chi connectivity index (χ1) is 6.71. The van der Waals surface area contributed by atoms with Crippen LogP contribution in [0.2, 0.25) is 0 Å². The molecule has 0 fully saturated rings. The molecule has 0 aliphatic heterocycles. The maximum absolute atomic E-state index is 9.53. The Labute approximate surface area is 88.5 Å². The van der Waals surface area contributed by atoms with Crippen molar-refractivity contribution in [3.8, 4) is 0 Å². The van der Waals surface area contributed by atoms with Gasteiger partial charge in [0.2, 0.25) is 0 Å². The van der Waals surface area contributed by atoms with Gasteiger partial charge < -0.3 is 0 Å². The fourth-order valence-electron chi connectivity index (χ4n) is 0.362. The third-order valence-electron chi connectivity index (χ3n) is 0.650. The number of rotatable bonds is 2. The Morgan fingerprint density at radius 2 is 1.33 bits per heavy atom. The van der Waals surface area contributed by atoms with E-state index in [-0.39, 0.29) is 0 Å². The summed E-state index contributed by atoms with van der Waals surface area (Å²) < 4.78 is 56.3. The molecule has 0 radical (unpaired) electrons. The Morgan fingerprint density at radius 3 is 1.40 bits per heavy atom. The summed E-state index contributed by atoms with van der Waals surface area (Å²) in [5.74, 6) is 0. The van der Waals surface area contributed by atoms with Crippen LogP contribution < -0.4 is 0 Å². The molecule has 1 aromatic rings. The minimum atomic E-state index is -5.76. The van der Waals surface area contributed by atoms with Crippen LogP contribution in [0, 0.1) is 0 Å². The van der Waals surface area contributed by atoms with E-state index in [2.05, 4.69) is 12.8 Å². The van der Waals surface area contributed by atoms with Gasteiger partial charge in [0.25, 0.3) is 0 Å². The first-order valence-electron chi connectivity index (χ1n) is 3.06. The Balaban J connectivity index is 0.000000280. The molecule has 9 nitrogen and oxygen atoms in total. The summed E-state index contributed by atoms with van der Waals surface area (Å²) in [5, 5.41) is 0. The minimum Gasteiger partial charge on any atom is -0.245 e. The van der Waals surface area contributed by atoms with Gasteiger partial charge in [0.1, 0.15) is 6.33 Å². The maximum atomic E-state index is 9.53. The van der Waals surface area contributed by atoms with Crippen molar-refractivity contribution in [1.29, 1.82) is 0 Å². The van der Waals surface area contributed by atoms with Gasteiger partial charge in [-0.15, -0.1) is 0 Å². The monoisotopic (exact) mass is 298 g/mol. The molecule has 0 saturated carbocycles. The summed E-state index contributed by atoms with van der Waals surface area (Å²) in [6.45, 7) is 0. The first kappa shape index (κ1) is 14.2. The van der Waals surface area contributed by atoms with Crippen molar-refractivity contribution >= 4 is 0 Å². The third-order valence-corrected chi connectivity index (χ3v) is 3.40. The number of hydrogen-bond donors (Lipinski definition) is 2. The van der Waals surface area contributed by atoms with E-state index in [9.17, 15) is 15.2 Å². The summed E-state index contributed by atoms with van der Waals surface area (Å²) in [4.78, 5) is 7.35. The molecule has 0 aromatic carbocycles. The first-order valence-corrected chi connectivity index (χ1v) is 7.33. The van der Waals surface area contributed by atoms with Crippen LogP contribution in [0.1, 0.15) is 0 Å². The molecule has 1 aromatic heterocycles. The van der Waals surface area contributed by atoms with Crippen molar-refractivity contribution in [2.24, 2.45) is 0 Å². The van der Waals surface area contributed by atoms with Crippen LogP contribution in [-0.4, -0.2) is 18.3 Å². The predicted molar refractivity (Wildman–Crippen MR) is 30.3 cm³/mol. The zero-order chi connectivity index (χ0) is 11.9. The van der Waals surface area contributed by atoms with Crippen LogP contribution >= 0.6 is 0 Å². The van der Waals surface area contributed by atoms with E-state index in [0.29, 0.717) is 0 Å². The predicted octanol–water partition coefficient (Wildman–Crippen LogP) is -1.19. The molecule has 0 aliphatic rings. The average molecular weight is 298 g/mol. The second kappa shape index (κ2) is 5.95. The second-order valence-corrected chi connectivity index (χ2v) is 5.59. The van der Waals surface area contributed by atoms with Gasteiger partial charge in [-0.05, 0) is 6.07 Å². The van der Waals surface area contributed by atoms with Crippen LogP contribution in [0.4, 0.5) is 0 Å². The van der Waals surface area contributed by atoms with Crippen LogP contribution in [-0.2, 0) is 45.3 Å². The molecule has 1 heterocycles. The zero-order valence-electron chi connectivity index (χ0n) is 6.96. The Hall–Kier alpha value is -0.775. The van der Waals surface area contributed by atoms with Gasteiger partial charge >= 0.3 is 53.6 Å². The Bertz CT molecular complexity index is 410. The normalized spacial score (nSPS) is 11.3. The number of hydrogen-bond acceptors (Lipinski definition) is 7. The molecule has 0 atom stereocenters. The van der Waals surface area contributed by atoms with Crippen LogP contribution in [0.15, 0.2) is 24.8 Å². The van der Waals surface area contributed by atoms with Crippen LogP contribution in [0.25, 0.3) is 0 Å². The van der Waals surface area contributed by atoms with Gasteiger partial charge in [0.05, 0.1) is 0 Å². The van der Waals surface area contributed by atoms with Crippen LogP contribution in [0.5, 0.6) is 0 Å². The summed E-state index contributed by atoms with van der Waals surface area (Å²) in [6, 6.07) is 1.78. The Kier molecular flexibility index (Phi) is 5.64. The second-order valence-electron chi connectivity index (χ2n) is 1.83. The van der Waals surface area contributed by atoms with E-state index in [1.54, 1.807) is 18.5 Å². The van der Waals surface area contributed by atoms with Crippen molar-refractivity contribution < 1.29 is 53.6 Å². The molecule has 1 rings (SSSR count). The van der Waals surface area contributed by atoms with Crippen molar-refractivity contribution in [2.75, 3.05) is 0 Å². The van der Waals surface area contributed by atoms with E-state index in [4.69, 9.17) is 8.32 Å². The molecular formula is C4H6Cr2N2O7. The summed E-state index contributed by atoms with van der Waals surface area (Å²) in [5.41, 5.74) is 0. The number of aromatic nitrogens is 2. The van der Waals surface area contributed by atoms with Crippen molar-refractivity contribution in [2.45, 2.75) is 0 Å². The zero-order valence-corrected chi connectivity index (χ0v) is 9.51. The van der Waals surface area contributed by atoms with E-state index < -0.39 is 27.2 Å². The average Bonchev–Trinajstić information content (AvgIpc) is 2.01. The largest absolute Gasteiger partial charge is 0.245 e. The van der Waals surface area contributed by atoms with E-state index in [1.165, 1.54) is 6.33 Å². The molecule has 2 N–H and O–H groups in total. The molecule has 0 spiro atoms. The smallest absolute Gasteiger partial charge is 0.115 e. The van der Waals surface area contributed by atoms with E-state index >= 15 is 0 Å².